The fourth-order valence-electron chi connectivity index (χ4n) is 11.1. The number of ether oxygens (including phenoxy) is 7. The monoisotopic (exact) mass is 742 g/mol. The molecule has 12 atom stereocenters. The molecule has 7 rings (SSSR count). The van der Waals surface area contributed by atoms with Gasteiger partial charge in [-0.05, 0) is 123 Å². The van der Waals surface area contributed by atoms with Crippen molar-refractivity contribution >= 4 is 12.2 Å². The summed E-state index contributed by atoms with van der Waals surface area (Å²) in [5.74, 6) is 0.746. The number of nitrogens with one attached hydrogen (secondary N) is 2. The number of epoxide rings is 3. The first-order valence-corrected chi connectivity index (χ1v) is 20.5. The van der Waals surface area contributed by atoms with Gasteiger partial charge >= 0.3 is 12.2 Å². The largest absolute Gasteiger partial charge is 0.443 e. The molecule has 0 bridgehead atoms. The predicted octanol–water partition coefficient (Wildman–Crippen LogP) is 7.16. The Morgan fingerprint density at radius 2 is 1.15 bits per heavy atom. The first-order valence-electron chi connectivity index (χ1n) is 20.5. The van der Waals surface area contributed by atoms with Gasteiger partial charge in [0, 0.05) is 32.2 Å². The number of hydrogen-bond acceptors (Lipinski definition) is 9. The lowest BCUT2D eigenvalue weighted by Gasteiger charge is -2.58. The highest BCUT2D eigenvalue weighted by Gasteiger charge is 2.72. The van der Waals surface area contributed by atoms with Gasteiger partial charge < -0.3 is 43.8 Å². The summed E-state index contributed by atoms with van der Waals surface area (Å²) in [5.41, 5.74) is 1.91. The number of carbonyl (C=O) groups excluding carboxylic acids is 2. The van der Waals surface area contributed by atoms with E-state index >= 15 is 0 Å². The summed E-state index contributed by atoms with van der Waals surface area (Å²) < 4.78 is 43.0. The van der Waals surface area contributed by atoms with Crippen LogP contribution in [0.3, 0.4) is 0 Å². The molecule has 11 nitrogen and oxygen atoms in total. The van der Waals surface area contributed by atoms with Gasteiger partial charge in [-0.15, -0.1) is 0 Å². The Morgan fingerprint density at radius 3 is 1.58 bits per heavy atom. The topological polar surface area (TPSA) is 133 Å². The Hall–Kier alpha value is -2.18. The standard InChI is InChI=1S/C42H66N2O9/c1-25(2)9-11-27-17-20-39(27,5)35-33(47-7)30(18-21-41(35)23-49-41)51-37(45)43-28-12-14-29(15-13-28)44-38(46)52-31-19-22-42(24-50-42)36(34(31)48-8)40(6)32(53-40)16-10-26(3)4/h9-10,27-36H,11-24H2,1-8H3,(H,43,45)(H,44,46)/t27-,28?,29?,30?,31+,32+,33+,34+,35+,36?,39-,40-,41-,42-/m0/s1. The molecule has 2 amide bonds. The van der Waals surface area contributed by atoms with Crippen molar-refractivity contribution in [3.63, 3.8) is 0 Å². The van der Waals surface area contributed by atoms with Crippen LogP contribution in [0.1, 0.15) is 119 Å². The summed E-state index contributed by atoms with van der Waals surface area (Å²) >= 11 is 0. The number of allylic oxidation sites excluding steroid dienone is 3. The average Bonchev–Trinajstić information content (AvgIpc) is 4.06. The second-order valence-electron chi connectivity index (χ2n) is 18.4. The Balaban J connectivity index is 0.878. The van der Waals surface area contributed by atoms with E-state index in [1.165, 1.54) is 17.6 Å². The van der Waals surface area contributed by atoms with Crippen molar-refractivity contribution in [2.24, 2.45) is 23.2 Å². The van der Waals surface area contributed by atoms with E-state index in [1.54, 1.807) is 14.2 Å². The third-order valence-corrected chi connectivity index (χ3v) is 14.5. The van der Waals surface area contributed by atoms with Gasteiger partial charge in [0.05, 0.1) is 30.8 Å². The molecule has 0 radical (unpaired) electrons. The summed E-state index contributed by atoms with van der Waals surface area (Å²) in [6.07, 6.45) is 13.0. The lowest BCUT2D eigenvalue weighted by Crippen LogP contribution is -2.60. The van der Waals surface area contributed by atoms with E-state index in [0.29, 0.717) is 18.9 Å². The molecule has 298 valence electrons. The zero-order valence-electron chi connectivity index (χ0n) is 33.5. The molecular weight excluding hydrogens is 676 g/mol. The maximum absolute atomic E-state index is 13.3. The average molecular weight is 743 g/mol. The maximum Gasteiger partial charge on any atom is 0.407 e. The summed E-state index contributed by atoms with van der Waals surface area (Å²) in [7, 11) is 3.45. The quantitative estimate of drug-likeness (QED) is 0.158. The predicted molar refractivity (Wildman–Crippen MR) is 199 cm³/mol. The van der Waals surface area contributed by atoms with Gasteiger partial charge in [-0.3, -0.25) is 0 Å². The Morgan fingerprint density at radius 1 is 0.679 bits per heavy atom. The van der Waals surface area contributed by atoms with Crippen LogP contribution < -0.4 is 10.6 Å². The van der Waals surface area contributed by atoms with Crippen LogP contribution >= 0.6 is 0 Å². The molecule has 4 aliphatic carbocycles. The van der Waals surface area contributed by atoms with Crippen molar-refractivity contribution in [2.45, 2.75) is 178 Å². The van der Waals surface area contributed by atoms with Gasteiger partial charge in [0.15, 0.2) is 0 Å². The van der Waals surface area contributed by atoms with Crippen molar-refractivity contribution in [3.05, 3.63) is 23.3 Å². The molecule has 3 saturated heterocycles. The number of methoxy groups -OCH3 is 2. The fourth-order valence-corrected chi connectivity index (χ4v) is 11.1. The fraction of sp³-hybridized carbons (Fsp3) is 0.857. The van der Waals surface area contributed by atoms with Gasteiger partial charge in [-0.2, -0.15) is 0 Å². The molecule has 2 unspecified atom stereocenters. The Labute approximate surface area is 316 Å². The van der Waals surface area contributed by atoms with Crippen molar-refractivity contribution in [1.29, 1.82) is 0 Å². The van der Waals surface area contributed by atoms with Crippen molar-refractivity contribution in [3.8, 4) is 0 Å². The van der Waals surface area contributed by atoms with Crippen LogP contribution in [0.4, 0.5) is 9.59 Å². The molecular formula is C42H66N2O9. The smallest absolute Gasteiger partial charge is 0.407 e. The first-order chi connectivity index (χ1) is 25.3. The first kappa shape index (κ1) is 39.1. The van der Waals surface area contributed by atoms with E-state index < -0.39 is 6.09 Å². The minimum absolute atomic E-state index is 0.0158. The SMILES string of the molecule is CO[C@@H]1C(OC(=O)NC2CCC(NC(=O)O[C@@H]3CC[C@]4(CO4)C([C@@]4(C)O[C@@H]4CC=C(C)C)[C@@H]3OC)CC2)CC[C@]2(CO2)[C@H]1[C@@]1(C)CC[C@@H]1CC=C(C)C. The summed E-state index contributed by atoms with van der Waals surface area (Å²) in [5, 5.41) is 6.25. The molecule has 4 saturated carbocycles. The van der Waals surface area contributed by atoms with Crippen molar-refractivity contribution < 1.29 is 42.7 Å². The number of hydrogen-bond donors (Lipinski definition) is 2. The number of amides is 2. The van der Waals surface area contributed by atoms with E-state index in [1.807, 2.05) is 0 Å². The molecule has 7 aliphatic rings. The van der Waals surface area contributed by atoms with Crippen molar-refractivity contribution in [2.75, 3.05) is 27.4 Å². The van der Waals surface area contributed by atoms with Gasteiger partial charge in [0.1, 0.15) is 35.6 Å². The summed E-state index contributed by atoms with van der Waals surface area (Å²) in [6.45, 7) is 14.5. The van der Waals surface area contributed by atoms with Crippen LogP contribution in [-0.4, -0.2) is 99.0 Å². The minimum atomic E-state index is -0.416. The third kappa shape index (κ3) is 7.80. The van der Waals surface area contributed by atoms with Gasteiger partial charge in [0.2, 0.25) is 0 Å². The van der Waals surface area contributed by atoms with Crippen LogP contribution in [0.5, 0.6) is 0 Å². The lowest BCUT2D eigenvalue weighted by molar-refractivity contribution is -0.171. The van der Waals surface area contributed by atoms with Crippen LogP contribution in [0.25, 0.3) is 0 Å². The van der Waals surface area contributed by atoms with Crippen LogP contribution in [0, 0.1) is 23.2 Å². The van der Waals surface area contributed by atoms with E-state index in [0.717, 1.165) is 70.8 Å². The van der Waals surface area contributed by atoms with E-state index in [2.05, 4.69) is 64.3 Å². The van der Waals surface area contributed by atoms with E-state index in [4.69, 9.17) is 33.2 Å². The number of alkyl carbamates (subject to hydrolysis) is 2. The Kier molecular flexibility index (Phi) is 11.1. The van der Waals surface area contributed by atoms with Crippen molar-refractivity contribution in [1.82, 2.24) is 10.6 Å². The molecule has 53 heavy (non-hydrogen) atoms. The molecule has 3 aliphatic heterocycles. The normalized spacial score (nSPS) is 45.4. The maximum atomic E-state index is 13.3. The summed E-state index contributed by atoms with van der Waals surface area (Å²) in [4.78, 5) is 26.6. The van der Waals surface area contributed by atoms with E-state index in [9.17, 15) is 9.59 Å². The Bertz CT molecular complexity index is 1410. The highest BCUT2D eigenvalue weighted by molar-refractivity contribution is 5.68. The molecule has 2 N–H and O–H groups in total. The van der Waals surface area contributed by atoms with E-state index in [-0.39, 0.29) is 82.8 Å². The number of rotatable bonds is 12. The number of carbonyl (C=O) groups is 2. The molecule has 0 aromatic heterocycles. The van der Waals surface area contributed by atoms with Gasteiger partial charge in [-0.25, -0.2) is 9.59 Å². The third-order valence-electron chi connectivity index (χ3n) is 14.5. The second-order valence-corrected chi connectivity index (χ2v) is 18.4. The van der Waals surface area contributed by atoms with Crippen LogP contribution in [0.2, 0.25) is 0 Å². The second kappa shape index (κ2) is 15.1. The molecule has 2 spiro atoms. The highest BCUT2D eigenvalue weighted by atomic mass is 16.6. The van der Waals surface area contributed by atoms with Gasteiger partial charge in [0.25, 0.3) is 0 Å². The molecule has 11 heteroatoms. The molecule has 0 aromatic rings. The van der Waals surface area contributed by atoms with Gasteiger partial charge in [-0.1, -0.05) is 30.2 Å². The zero-order valence-corrected chi connectivity index (χ0v) is 33.5. The lowest BCUT2D eigenvalue weighted by atomic mass is 9.48. The van der Waals surface area contributed by atoms with Crippen LogP contribution in [0.15, 0.2) is 23.3 Å². The van der Waals surface area contributed by atoms with Crippen LogP contribution in [-0.2, 0) is 33.2 Å². The molecule has 7 fully saturated rings. The zero-order chi connectivity index (χ0) is 37.8. The molecule has 3 heterocycles. The summed E-state index contributed by atoms with van der Waals surface area (Å²) in [6, 6.07) is -0.0417. The highest BCUT2D eigenvalue weighted by Crippen LogP contribution is 2.64. The minimum Gasteiger partial charge on any atom is -0.443 e. The molecule has 0 aromatic carbocycles.